The van der Waals surface area contributed by atoms with Gasteiger partial charge in [0.2, 0.25) is 0 Å². The zero-order valence-electron chi connectivity index (χ0n) is 16.8. The Morgan fingerprint density at radius 1 is 0.778 bits per heavy atom. The van der Waals surface area contributed by atoms with Crippen molar-refractivity contribution in [3.8, 4) is 0 Å². The lowest BCUT2D eigenvalue weighted by Crippen LogP contribution is -2.15. The lowest BCUT2D eigenvalue weighted by molar-refractivity contribution is -0.139. The van der Waals surface area contributed by atoms with E-state index in [1.54, 1.807) is 18.2 Å². The van der Waals surface area contributed by atoms with Crippen molar-refractivity contribution >= 4 is 11.9 Å². The summed E-state index contributed by atoms with van der Waals surface area (Å²) in [6.07, 6.45) is 15.3. The number of aliphatic carboxylic acids is 1. The zero-order chi connectivity index (χ0) is 19.9. The first-order valence-corrected chi connectivity index (χ1v) is 10.6. The second kappa shape index (κ2) is 14.2. The fraction of sp³-hybridized carbons (Fsp3) is 0.652. The average Bonchev–Trinajstić information content (AvgIpc) is 2.65. The van der Waals surface area contributed by atoms with E-state index in [4.69, 9.17) is 0 Å². The number of unbranched alkanes of at least 4 members (excludes halogenated alkanes) is 11. The van der Waals surface area contributed by atoms with Crippen LogP contribution in [0.25, 0.3) is 0 Å². The van der Waals surface area contributed by atoms with E-state index in [-0.39, 0.29) is 5.56 Å². The van der Waals surface area contributed by atoms with Crippen molar-refractivity contribution in [3.63, 3.8) is 0 Å². The number of carboxylic acids is 2. The molecule has 0 spiro atoms. The highest BCUT2D eigenvalue weighted by Gasteiger charge is 2.24. The Morgan fingerprint density at radius 3 is 1.74 bits per heavy atom. The average molecular weight is 377 g/mol. The van der Waals surface area contributed by atoms with E-state index >= 15 is 0 Å². The molecule has 1 atom stereocenters. The fourth-order valence-corrected chi connectivity index (χ4v) is 3.60. The molecule has 1 rings (SSSR count). The summed E-state index contributed by atoms with van der Waals surface area (Å²) < 4.78 is 0. The molecule has 0 radical (unpaired) electrons. The molecule has 1 aromatic rings. The zero-order valence-corrected chi connectivity index (χ0v) is 16.8. The van der Waals surface area contributed by atoms with Gasteiger partial charge >= 0.3 is 11.9 Å². The minimum atomic E-state index is -1.06. The number of carboxylic acid groups (broad SMARTS) is 2. The number of rotatable bonds is 16. The molecule has 0 aromatic heterocycles. The molecule has 0 aliphatic carbocycles. The smallest absolute Gasteiger partial charge is 0.335 e. The maximum absolute atomic E-state index is 11.6. The number of hydrogen-bond acceptors (Lipinski definition) is 2. The Kier molecular flexibility index (Phi) is 12.2. The van der Waals surface area contributed by atoms with Crippen LogP contribution in [-0.2, 0) is 4.79 Å². The van der Waals surface area contributed by atoms with Crippen LogP contribution in [-0.4, -0.2) is 22.2 Å². The summed E-state index contributed by atoms with van der Waals surface area (Å²) in [5.41, 5.74) is 0.518. The molecule has 0 bridgehead atoms. The van der Waals surface area contributed by atoms with Crippen LogP contribution in [0.2, 0.25) is 0 Å². The van der Waals surface area contributed by atoms with Crippen molar-refractivity contribution < 1.29 is 19.8 Å². The maximum Gasteiger partial charge on any atom is 0.335 e. The standard InChI is InChI=1S/C23H36O4/c1-2-3-4-5-6-7-8-9-10-11-12-13-17-20(22(24)25)19-16-14-15-18-21(19)23(26)27/h14-16,18,20H,2-13,17H2,1H3,(H,24,25)(H,26,27). The van der Waals surface area contributed by atoms with Gasteiger partial charge in [-0.3, -0.25) is 4.79 Å². The van der Waals surface area contributed by atoms with Crippen molar-refractivity contribution in [3.05, 3.63) is 35.4 Å². The van der Waals surface area contributed by atoms with Crippen molar-refractivity contribution in [2.75, 3.05) is 0 Å². The summed E-state index contributed by atoms with van der Waals surface area (Å²) in [6.45, 7) is 2.24. The van der Waals surface area contributed by atoms with Crippen molar-refractivity contribution in [1.82, 2.24) is 0 Å². The summed E-state index contributed by atoms with van der Waals surface area (Å²) in [5.74, 6) is -2.74. The van der Waals surface area contributed by atoms with Crippen LogP contribution >= 0.6 is 0 Å². The molecule has 1 aromatic carbocycles. The number of carbonyl (C=O) groups is 2. The number of aromatic carboxylic acids is 1. The van der Waals surface area contributed by atoms with Gasteiger partial charge in [0.25, 0.3) is 0 Å². The fourth-order valence-electron chi connectivity index (χ4n) is 3.60. The van der Waals surface area contributed by atoms with Gasteiger partial charge in [-0.15, -0.1) is 0 Å². The molecule has 4 heteroatoms. The molecule has 152 valence electrons. The van der Waals surface area contributed by atoms with E-state index in [9.17, 15) is 19.8 Å². The topological polar surface area (TPSA) is 74.6 Å². The molecule has 0 amide bonds. The highest BCUT2D eigenvalue weighted by molar-refractivity contribution is 5.92. The van der Waals surface area contributed by atoms with Crippen LogP contribution in [0.5, 0.6) is 0 Å². The molecular formula is C23H36O4. The predicted molar refractivity (Wildman–Crippen MR) is 109 cm³/mol. The summed E-state index contributed by atoms with van der Waals surface area (Å²) >= 11 is 0. The Labute approximate surface area is 164 Å². The molecule has 1 unspecified atom stereocenters. The van der Waals surface area contributed by atoms with Crippen LogP contribution in [0.4, 0.5) is 0 Å². The second-order valence-electron chi connectivity index (χ2n) is 7.46. The molecule has 0 aliphatic heterocycles. The first-order valence-electron chi connectivity index (χ1n) is 10.6. The van der Waals surface area contributed by atoms with Crippen LogP contribution in [0, 0.1) is 0 Å². The third-order valence-electron chi connectivity index (χ3n) is 5.21. The lowest BCUT2D eigenvalue weighted by Gasteiger charge is -2.15. The van der Waals surface area contributed by atoms with Gasteiger partial charge in [0, 0.05) is 0 Å². The van der Waals surface area contributed by atoms with Gasteiger partial charge in [-0.1, -0.05) is 102 Å². The predicted octanol–water partition coefficient (Wildman–Crippen LogP) is 6.64. The molecule has 0 heterocycles. The normalized spacial score (nSPS) is 12.0. The SMILES string of the molecule is CCCCCCCCCCCCCCC(C(=O)O)c1ccccc1C(=O)O. The quantitative estimate of drug-likeness (QED) is 0.317. The third kappa shape index (κ3) is 9.60. The van der Waals surface area contributed by atoms with E-state index in [0.29, 0.717) is 12.0 Å². The molecule has 0 aliphatic rings. The van der Waals surface area contributed by atoms with E-state index < -0.39 is 17.9 Å². The molecular weight excluding hydrogens is 340 g/mol. The monoisotopic (exact) mass is 376 g/mol. The first-order chi connectivity index (χ1) is 13.1. The highest BCUT2D eigenvalue weighted by Crippen LogP contribution is 2.26. The molecule has 4 nitrogen and oxygen atoms in total. The maximum atomic E-state index is 11.6. The summed E-state index contributed by atoms with van der Waals surface area (Å²) in [7, 11) is 0. The van der Waals surface area contributed by atoms with Gasteiger partial charge in [0.15, 0.2) is 0 Å². The van der Waals surface area contributed by atoms with E-state index in [1.807, 2.05) is 0 Å². The van der Waals surface area contributed by atoms with E-state index in [0.717, 1.165) is 19.3 Å². The van der Waals surface area contributed by atoms with Crippen LogP contribution < -0.4 is 0 Å². The first kappa shape index (κ1) is 23.2. The minimum Gasteiger partial charge on any atom is -0.481 e. The van der Waals surface area contributed by atoms with E-state index in [2.05, 4.69) is 6.92 Å². The molecule has 27 heavy (non-hydrogen) atoms. The molecule has 0 fully saturated rings. The Bertz CT molecular complexity index is 553. The minimum absolute atomic E-state index is 0.101. The molecule has 0 saturated carbocycles. The van der Waals surface area contributed by atoms with Crippen LogP contribution in [0.15, 0.2) is 24.3 Å². The summed E-state index contributed by atoms with van der Waals surface area (Å²) in [6, 6.07) is 6.45. The summed E-state index contributed by atoms with van der Waals surface area (Å²) in [5, 5.41) is 18.8. The number of benzene rings is 1. The Morgan fingerprint density at radius 2 is 1.26 bits per heavy atom. The molecule has 0 saturated heterocycles. The summed E-state index contributed by atoms with van der Waals surface area (Å²) in [4.78, 5) is 22.9. The van der Waals surface area contributed by atoms with Gasteiger partial charge in [0.1, 0.15) is 0 Å². The van der Waals surface area contributed by atoms with Gasteiger partial charge < -0.3 is 10.2 Å². The van der Waals surface area contributed by atoms with Crippen molar-refractivity contribution in [2.24, 2.45) is 0 Å². The molecule has 2 N–H and O–H groups in total. The van der Waals surface area contributed by atoms with E-state index in [1.165, 1.54) is 63.9 Å². The van der Waals surface area contributed by atoms with Gasteiger partial charge in [0.05, 0.1) is 11.5 Å². The van der Waals surface area contributed by atoms with Crippen molar-refractivity contribution in [1.29, 1.82) is 0 Å². The third-order valence-corrected chi connectivity index (χ3v) is 5.21. The van der Waals surface area contributed by atoms with Gasteiger partial charge in [-0.2, -0.15) is 0 Å². The van der Waals surface area contributed by atoms with Crippen LogP contribution in [0.3, 0.4) is 0 Å². The van der Waals surface area contributed by atoms with Gasteiger partial charge in [-0.05, 0) is 18.1 Å². The second-order valence-corrected chi connectivity index (χ2v) is 7.46. The highest BCUT2D eigenvalue weighted by atomic mass is 16.4. The van der Waals surface area contributed by atoms with Crippen molar-refractivity contribution in [2.45, 2.75) is 96.3 Å². The van der Waals surface area contributed by atoms with Gasteiger partial charge in [-0.25, -0.2) is 4.79 Å². The largest absolute Gasteiger partial charge is 0.481 e. The van der Waals surface area contributed by atoms with Crippen LogP contribution in [0.1, 0.15) is 112 Å². The number of hydrogen-bond donors (Lipinski definition) is 2. The Balaban J connectivity index is 2.22. The Hall–Kier alpha value is -1.84. The lowest BCUT2D eigenvalue weighted by atomic mass is 9.89.